The van der Waals surface area contributed by atoms with Crippen LogP contribution in [0, 0.1) is 6.92 Å². The van der Waals surface area contributed by atoms with Crippen molar-refractivity contribution in [3.8, 4) is 17.0 Å². The largest absolute Gasteiger partial charge is 0.496 e. The van der Waals surface area contributed by atoms with Crippen LogP contribution >= 0.6 is 0 Å². The van der Waals surface area contributed by atoms with Gasteiger partial charge in [-0.25, -0.2) is 0 Å². The van der Waals surface area contributed by atoms with E-state index in [0.717, 1.165) is 22.6 Å². The van der Waals surface area contributed by atoms with Gasteiger partial charge in [-0.2, -0.15) is 4.98 Å². The number of nitrogens with zero attached hydrogens (tertiary/aromatic N) is 1. The van der Waals surface area contributed by atoms with Crippen LogP contribution in [0.25, 0.3) is 11.3 Å². The van der Waals surface area contributed by atoms with E-state index in [1.54, 1.807) is 7.11 Å². The van der Waals surface area contributed by atoms with Crippen LogP contribution in [0.3, 0.4) is 0 Å². The summed E-state index contributed by atoms with van der Waals surface area (Å²) >= 11 is 0. The van der Waals surface area contributed by atoms with Crippen LogP contribution in [0.5, 0.6) is 5.75 Å². The molecule has 0 unspecified atom stereocenters. The minimum absolute atomic E-state index is 0.179. The van der Waals surface area contributed by atoms with Crippen molar-refractivity contribution in [2.24, 2.45) is 0 Å². The quantitative estimate of drug-likeness (QED) is 0.814. The van der Waals surface area contributed by atoms with E-state index in [1.165, 1.54) is 6.26 Å². The maximum atomic E-state index is 5.41. The molecule has 78 valence electrons. The molecule has 4 heteroatoms. The molecule has 1 aromatic heterocycles. The van der Waals surface area contributed by atoms with Crippen molar-refractivity contribution in [3.05, 3.63) is 30.0 Å². The summed E-state index contributed by atoms with van der Waals surface area (Å²) in [7, 11) is 1.65. The van der Waals surface area contributed by atoms with Gasteiger partial charge in [0.05, 0.1) is 7.11 Å². The van der Waals surface area contributed by atoms with Crippen molar-refractivity contribution in [2.75, 3.05) is 12.8 Å². The van der Waals surface area contributed by atoms with Gasteiger partial charge >= 0.3 is 0 Å². The summed E-state index contributed by atoms with van der Waals surface area (Å²) in [6.07, 6.45) is 1.54. The molecule has 0 radical (unpaired) electrons. The Morgan fingerprint density at radius 2 is 2.20 bits per heavy atom. The van der Waals surface area contributed by atoms with E-state index in [0.29, 0.717) is 0 Å². The van der Waals surface area contributed by atoms with E-state index < -0.39 is 0 Å². The summed E-state index contributed by atoms with van der Waals surface area (Å²) in [6, 6.07) is 5.98. The number of methoxy groups -OCH3 is 1. The zero-order valence-corrected chi connectivity index (χ0v) is 8.65. The monoisotopic (exact) mass is 204 g/mol. The first-order valence-electron chi connectivity index (χ1n) is 4.56. The van der Waals surface area contributed by atoms with Gasteiger partial charge in [-0.05, 0) is 30.7 Å². The Kier molecular flexibility index (Phi) is 2.33. The molecule has 0 saturated heterocycles. The van der Waals surface area contributed by atoms with Crippen LogP contribution in [0.2, 0.25) is 0 Å². The zero-order chi connectivity index (χ0) is 10.8. The molecule has 2 aromatic rings. The summed E-state index contributed by atoms with van der Waals surface area (Å²) in [4.78, 5) is 4.05. The second-order valence-electron chi connectivity index (χ2n) is 3.26. The van der Waals surface area contributed by atoms with Gasteiger partial charge in [-0.15, -0.1) is 0 Å². The Bertz CT molecular complexity index is 477. The number of rotatable bonds is 2. The number of oxazole rings is 1. The van der Waals surface area contributed by atoms with E-state index in [1.807, 2.05) is 25.1 Å². The number of hydrogen-bond acceptors (Lipinski definition) is 4. The van der Waals surface area contributed by atoms with E-state index >= 15 is 0 Å². The standard InChI is InChI=1S/C11H12N2O2/c1-7-5-8(3-4-10(7)14-2)9-6-15-11(12)13-9/h3-6H,1-2H3,(H2,12,13). The van der Waals surface area contributed by atoms with E-state index in [2.05, 4.69) is 4.98 Å². The zero-order valence-electron chi connectivity index (χ0n) is 8.65. The highest BCUT2D eigenvalue weighted by molar-refractivity contribution is 5.61. The van der Waals surface area contributed by atoms with Crippen molar-refractivity contribution in [1.82, 2.24) is 4.98 Å². The Labute approximate surface area is 87.7 Å². The third-order valence-electron chi connectivity index (χ3n) is 2.21. The molecular formula is C11H12N2O2. The molecule has 0 fully saturated rings. The lowest BCUT2D eigenvalue weighted by Crippen LogP contribution is -1.88. The molecule has 0 aliphatic carbocycles. The number of hydrogen-bond donors (Lipinski definition) is 1. The molecule has 15 heavy (non-hydrogen) atoms. The topological polar surface area (TPSA) is 61.3 Å². The SMILES string of the molecule is COc1ccc(-c2coc(N)n2)cc1C. The van der Waals surface area contributed by atoms with Crippen molar-refractivity contribution in [1.29, 1.82) is 0 Å². The van der Waals surface area contributed by atoms with E-state index in [-0.39, 0.29) is 6.01 Å². The molecule has 1 aromatic carbocycles. The minimum atomic E-state index is 0.179. The fraction of sp³-hybridized carbons (Fsp3) is 0.182. The fourth-order valence-corrected chi connectivity index (χ4v) is 1.46. The lowest BCUT2D eigenvalue weighted by atomic mass is 10.1. The highest BCUT2D eigenvalue weighted by atomic mass is 16.5. The first-order valence-corrected chi connectivity index (χ1v) is 4.56. The second-order valence-corrected chi connectivity index (χ2v) is 3.26. The van der Waals surface area contributed by atoms with Gasteiger partial charge < -0.3 is 14.9 Å². The second kappa shape index (κ2) is 3.65. The number of anilines is 1. The van der Waals surface area contributed by atoms with Crippen LogP contribution in [0.1, 0.15) is 5.56 Å². The van der Waals surface area contributed by atoms with E-state index in [9.17, 15) is 0 Å². The molecule has 0 aliphatic rings. The molecule has 0 saturated carbocycles. The van der Waals surface area contributed by atoms with Crippen LogP contribution in [-0.2, 0) is 0 Å². The predicted octanol–water partition coefficient (Wildman–Crippen LogP) is 2.24. The van der Waals surface area contributed by atoms with Crippen molar-refractivity contribution >= 4 is 6.01 Å². The molecule has 2 rings (SSSR count). The van der Waals surface area contributed by atoms with Gasteiger partial charge in [-0.1, -0.05) is 0 Å². The first-order chi connectivity index (χ1) is 7.20. The Hall–Kier alpha value is -1.97. The Morgan fingerprint density at radius 1 is 1.40 bits per heavy atom. The van der Waals surface area contributed by atoms with Crippen LogP contribution in [0.15, 0.2) is 28.9 Å². The molecule has 0 atom stereocenters. The lowest BCUT2D eigenvalue weighted by molar-refractivity contribution is 0.412. The van der Waals surface area contributed by atoms with E-state index in [4.69, 9.17) is 14.9 Å². The van der Waals surface area contributed by atoms with Gasteiger partial charge in [0.1, 0.15) is 17.7 Å². The Balaban J connectivity index is 2.42. The van der Waals surface area contributed by atoms with Crippen molar-refractivity contribution in [2.45, 2.75) is 6.92 Å². The number of nitrogens with two attached hydrogens (primary N) is 1. The average Bonchev–Trinajstić information content (AvgIpc) is 2.65. The van der Waals surface area contributed by atoms with Gasteiger partial charge in [0.25, 0.3) is 6.01 Å². The third-order valence-corrected chi connectivity index (χ3v) is 2.21. The minimum Gasteiger partial charge on any atom is -0.496 e. The molecule has 2 N–H and O–H groups in total. The van der Waals surface area contributed by atoms with Gasteiger partial charge in [0.15, 0.2) is 0 Å². The van der Waals surface area contributed by atoms with Gasteiger partial charge in [0.2, 0.25) is 0 Å². The molecule has 0 bridgehead atoms. The average molecular weight is 204 g/mol. The van der Waals surface area contributed by atoms with Gasteiger partial charge in [0, 0.05) is 5.56 Å². The Morgan fingerprint density at radius 3 is 2.73 bits per heavy atom. The first kappa shape index (κ1) is 9.58. The molecule has 0 aliphatic heterocycles. The summed E-state index contributed by atoms with van der Waals surface area (Å²) in [5.74, 6) is 0.857. The number of benzene rings is 1. The maximum Gasteiger partial charge on any atom is 0.292 e. The summed E-state index contributed by atoms with van der Waals surface area (Å²) in [5.41, 5.74) is 8.16. The smallest absolute Gasteiger partial charge is 0.292 e. The molecule has 0 amide bonds. The number of nitrogen functional groups attached to an aromatic ring is 1. The number of aryl methyl sites for hydroxylation is 1. The van der Waals surface area contributed by atoms with Crippen molar-refractivity contribution < 1.29 is 9.15 Å². The fourth-order valence-electron chi connectivity index (χ4n) is 1.46. The molecule has 1 heterocycles. The maximum absolute atomic E-state index is 5.41. The lowest BCUT2D eigenvalue weighted by Gasteiger charge is -2.05. The van der Waals surface area contributed by atoms with Crippen LogP contribution in [-0.4, -0.2) is 12.1 Å². The molecular weight excluding hydrogens is 192 g/mol. The summed E-state index contributed by atoms with van der Waals surface area (Å²) in [6.45, 7) is 1.98. The normalized spacial score (nSPS) is 10.3. The highest BCUT2D eigenvalue weighted by Gasteiger charge is 2.06. The van der Waals surface area contributed by atoms with Crippen LogP contribution < -0.4 is 10.5 Å². The summed E-state index contributed by atoms with van der Waals surface area (Å²) in [5, 5.41) is 0. The number of aromatic nitrogens is 1. The van der Waals surface area contributed by atoms with Crippen LogP contribution in [0.4, 0.5) is 6.01 Å². The van der Waals surface area contributed by atoms with Gasteiger partial charge in [-0.3, -0.25) is 0 Å². The number of ether oxygens (including phenoxy) is 1. The predicted molar refractivity (Wildman–Crippen MR) is 57.6 cm³/mol. The van der Waals surface area contributed by atoms with Crippen molar-refractivity contribution in [3.63, 3.8) is 0 Å². The summed E-state index contributed by atoms with van der Waals surface area (Å²) < 4.78 is 10.1. The molecule has 4 nitrogen and oxygen atoms in total. The molecule has 0 spiro atoms. The third kappa shape index (κ3) is 1.79. The highest BCUT2D eigenvalue weighted by Crippen LogP contribution is 2.25.